The number of unbranched alkanes of at least 4 members (excludes halogenated alkanes) is 4. The summed E-state index contributed by atoms with van der Waals surface area (Å²) >= 11 is 2.95. The number of hydrogen-bond acceptors (Lipinski definition) is 0. The van der Waals surface area contributed by atoms with Crippen LogP contribution in [0.1, 0.15) is 39.0 Å². The van der Waals surface area contributed by atoms with Crippen molar-refractivity contribution in [2.75, 3.05) is 0 Å². The van der Waals surface area contributed by atoms with Gasteiger partial charge in [0.15, 0.2) is 0 Å². The molecule has 142 valence electrons. The zero-order valence-electron chi connectivity index (χ0n) is 16.2. The Bertz CT molecular complexity index is 715. The molecule has 0 saturated heterocycles. The van der Waals surface area contributed by atoms with Gasteiger partial charge in [-0.05, 0) is 0 Å². The number of benzene rings is 3. The predicted octanol–water partition coefficient (Wildman–Crippen LogP) is 6.01. The summed E-state index contributed by atoms with van der Waals surface area (Å²) in [5, 5.41) is 1.28. The van der Waals surface area contributed by atoms with E-state index >= 15 is 0 Å². The first-order chi connectivity index (χ1) is 13.2. The fourth-order valence-electron chi connectivity index (χ4n) is 4.06. The van der Waals surface area contributed by atoms with Crippen LogP contribution in [0.25, 0.3) is 0 Å². The van der Waals surface area contributed by atoms with Gasteiger partial charge in [0.05, 0.1) is 0 Å². The van der Waals surface area contributed by atoms with E-state index in [1.165, 1.54) is 37.3 Å². The van der Waals surface area contributed by atoms with E-state index in [0.29, 0.717) is 0 Å². The fourth-order valence-corrected chi connectivity index (χ4v) is 21.1. The summed E-state index contributed by atoms with van der Waals surface area (Å²) in [6.45, 7) is 2.29. The fraction of sp³-hybridized carbons (Fsp3) is 0.280. The first-order valence-electron chi connectivity index (χ1n) is 10.1. The predicted molar refractivity (Wildman–Crippen MR) is 132 cm³/mol. The zero-order valence-corrected chi connectivity index (χ0v) is 20.3. The van der Waals surface area contributed by atoms with E-state index in [9.17, 15) is 0 Å². The summed E-state index contributed by atoms with van der Waals surface area (Å²) in [4.78, 5) is 0. The van der Waals surface area contributed by atoms with E-state index in [4.69, 9.17) is 0 Å². The molecule has 0 aliphatic rings. The molecular formula is C25H30AsI. The average Bonchev–Trinajstić information content (AvgIpc) is 2.75. The van der Waals surface area contributed by atoms with E-state index in [1.807, 2.05) is 0 Å². The molecule has 0 atom stereocenters. The van der Waals surface area contributed by atoms with Gasteiger partial charge < -0.3 is 0 Å². The van der Waals surface area contributed by atoms with Crippen molar-refractivity contribution in [3.8, 4) is 0 Å². The van der Waals surface area contributed by atoms with Crippen molar-refractivity contribution in [3.63, 3.8) is 0 Å². The Hall–Kier alpha value is -1.05. The molecule has 0 unspecified atom stereocenters. The summed E-state index contributed by atoms with van der Waals surface area (Å²) in [6.07, 6.45) is 6.64. The van der Waals surface area contributed by atoms with Crippen LogP contribution >= 0.6 is 20.1 Å². The monoisotopic (exact) mass is 532 g/mol. The van der Waals surface area contributed by atoms with Crippen LogP contribution in [0.5, 0.6) is 0 Å². The van der Waals surface area contributed by atoms with Crippen LogP contribution in [0, 0.1) is 0 Å². The standard InChI is InChI=1S/C25H30AsI/c1-2-3-4-5-15-22-26(27,23-16-9-6-10-17-23,24-18-11-7-12-19-24)25-20-13-8-14-21-25/h6-14,16-21H,2-5,15,22H2,1H3. The third-order valence-electron chi connectivity index (χ3n) is 5.57. The molecule has 0 saturated carbocycles. The van der Waals surface area contributed by atoms with Gasteiger partial charge in [0, 0.05) is 0 Å². The maximum absolute atomic E-state index is 3.24. The molecule has 0 N–H and O–H groups in total. The van der Waals surface area contributed by atoms with E-state index < -0.39 is 9.10 Å². The van der Waals surface area contributed by atoms with E-state index in [0.717, 1.165) is 0 Å². The van der Waals surface area contributed by atoms with Gasteiger partial charge in [0.25, 0.3) is 0 Å². The van der Waals surface area contributed by atoms with Gasteiger partial charge in [0.2, 0.25) is 0 Å². The van der Waals surface area contributed by atoms with Gasteiger partial charge in [-0.3, -0.25) is 0 Å². The minimum absolute atomic E-state index is 1.28. The molecule has 3 rings (SSSR count). The Morgan fingerprint density at radius 3 is 1.30 bits per heavy atom. The molecule has 2 heteroatoms. The van der Waals surface area contributed by atoms with E-state index in [1.54, 1.807) is 13.1 Å². The van der Waals surface area contributed by atoms with Crippen LogP contribution in [0.4, 0.5) is 0 Å². The summed E-state index contributed by atoms with van der Waals surface area (Å²) in [5.74, 6) is 0. The Morgan fingerprint density at radius 2 is 0.926 bits per heavy atom. The first-order valence-corrected chi connectivity index (χ1v) is 20.0. The van der Waals surface area contributed by atoms with Crippen molar-refractivity contribution < 1.29 is 0 Å². The number of hydrogen-bond donors (Lipinski definition) is 0. The van der Waals surface area contributed by atoms with Crippen LogP contribution in [0.2, 0.25) is 5.21 Å². The average molecular weight is 532 g/mol. The molecule has 0 amide bonds. The number of halogens is 1. The van der Waals surface area contributed by atoms with Crippen LogP contribution in [-0.2, 0) is 0 Å². The third-order valence-corrected chi connectivity index (χ3v) is 27.8. The van der Waals surface area contributed by atoms with Crippen molar-refractivity contribution in [1.82, 2.24) is 0 Å². The molecule has 0 aromatic heterocycles. The molecule has 3 aromatic rings. The van der Waals surface area contributed by atoms with Crippen LogP contribution < -0.4 is 13.1 Å². The minimum atomic E-state index is -3.24. The summed E-state index contributed by atoms with van der Waals surface area (Å²) in [5.41, 5.74) is 0. The second kappa shape index (κ2) is 9.43. The molecule has 0 heterocycles. The van der Waals surface area contributed by atoms with Crippen molar-refractivity contribution in [2.45, 2.75) is 44.2 Å². The molecule has 0 radical (unpaired) electrons. The van der Waals surface area contributed by atoms with Gasteiger partial charge in [-0.2, -0.15) is 0 Å². The normalized spacial score (nSPS) is 13.0. The van der Waals surface area contributed by atoms with Gasteiger partial charge in [0.1, 0.15) is 0 Å². The molecule has 0 spiro atoms. The topological polar surface area (TPSA) is 0 Å². The summed E-state index contributed by atoms with van der Waals surface area (Å²) in [6, 6.07) is 34.0. The second-order valence-electron chi connectivity index (χ2n) is 7.33. The molecule has 0 nitrogen and oxygen atoms in total. The van der Waals surface area contributed by atoms with Crippen molar-refractivity contribution in [3.05, 3.63) is 91.0 Å². The van der Waals surface area contributed by atoms with Crippen molar-refractivity contribution in [1.29, 1.82) is 0 Å². The Labute approximate surface area is 176 Å². The van der Waals surface area contributed by atoms with Crippen LogP contribution in [0.15, 0.2) is 91.0 Å². The second-order valence-corrected chi connectivity index (χ2v) is 27.5. The Balaban J connectivity index is 2.16. The number of rotatable bonds is 9. The van der Waals surface area contributed by atoms with Crippen molar-refractivity contribution in [2.24, 2.45) is 0 Å². The molecule has 27 heavy (non-hydrogen) atoms. The van der Waals surface area contributed by atoms with E-state index in [2.05, 4.69) is 118 Å². The van der Waals surface area contributed by atoms with Gasteiger partial charge in [-0.15, -0.1) is 0 Å². The van der Waals surface area contributed by atoms with Gasteiger partial charge in [-0.25, -0.2) is 0 Å². The van der Waals surface area contributed by atoms with E-state index in [-0.39, 0.29) is 0 Å². The molecular weight excluding hydrogens is 502 g/mol. The Morgan fingerprint density at radius 1 is 0.556 bits per heavy atom. The maximum atomic E-state index is 2.95. The SMILES string of the molecule is CCCCCCC[As](I)(c1ccccc1)(c1ccccc1)c1ccccc1. The summed E-state index contributed by atoms with van der Waals surface area (Å²) < 4.78 is 4.64. The first kappa shape index (κ1) is 20.7. The molecule has 0 bridgehead atoms. The summed E-state index contributed by atoms with van der Waals surface area (Å²) in [7, 11) is -3.24. The Kier molecular flexibility index (Phi) is 7.22. The van der Waals surface area contributed by atoms with Crippen LogP contribution in [0.3, 0.4) is 0 Å². The molecule has 0 fully saturated rings. The molecule has 3 aromatic carbocycles. The third kappa shape index (κ3) is 4.20. The molecule has 0 aliphatic carbocycles. The molecule has 0 aliphatic heterocycles. The van der Waals surface area contributed by atoms with Gasteiger partial charge in [-0.1, -0.05) is 0 Å². The quantitative estimate of drug-likeness (QED) is 0.180. The van der Waals surface area contributed by atoms with Gasteiger partial charge >= 0.3 is 178 Å². The van der Waals surface area contributed by atoms with Crippen molar-refractivity contribution >= 4 is 42.3 Å². The van der Waals surface area contributed by atoms with Crippen LogP contribution in [-0.4, -0.2) is 9.10 Å². The zero-order chi connectivity index (χ0) is 19.0.